The Morgan fingerprint density at radius 1 is 1.47 bits per heavy atom. The fourth-order valence-corrected chi connectivity index (χ4v) is 1.48. The van der Waals surface area contributed by atoms with Crippen molar-refractivity contribution in [1.29, 1.82) is 0 Å². The zero-order valence-corrected chi connectivity index (χ0v) is 9.69. The van der Waals surface area contributed by atoms with Crippen LogP contribution in [0.25, 0.3) is 0 Å². The fourth-order valence-electron chi connectivity index (χ4n) is 1.48. The van der Waals surface area contributed by atoms with Gasteiger partial charge >= 0.3 is 0 Å². The predicted octanol–water partition coefficient (Wildman–Crippen LogP) is 2.08. The number of hydrogen-bond donors (Lipinski definition) is 1. The highest BCUT2D eigenvalue weighted by atomic mass is 16.5. The molecule has 0 saturated carbocycles. The smallest absolute Gasteiger partial charge is 0.162 e. The third kappa shape index (κ3) is 4.44. The Hall–Kier alpha value is -0.870. The molecule has 1 unspecified atom stereocenters. The standard InChI is InChI=1S/C11H20N2O2/c1-8(2)4-9(3)14-7-11-5-10(6-12)13-15-11/h5,8-9H,4,6-7,12H2,1-3H3. The summed E-state index contributed by atoms with van der Waals surface area (Å²) < 4.78 is 10.7. The van der Waals surface area contributed by atoms with Crippen molar-refractivity contribution in [2.45, 2.75) is 46.4 Å². The summed E-state index contributed by atoms with van der Waals surface area (Å²) in [5.41, 5.74) is 6.19. The lowest BCUT2D eigenvalue weighted by Crippen LogP contribution is -2.10. The summed E-state index contributed by atoms with van der Waals surface area (Å²) in [7, 11) is 0. The zero-order chi connectivity index (χ0) is 11.3. The van der Waals surface area contributed by atoms with Crippen LogP contribution in [-0.4, -0.2) is 11.3 Å². The van der Waals surface area contributed by atoms with Crippen molar-refractivity contribution in [1.82, 2.24) is 5.16 Å². The molecule has 0 aliphatic carbocycles. The molecular formula is C11H20N2O2. The zero-order valence-electron chi connectivity index (χ0n) is 9.69. The fraction of sp³-hybridized carbons (Fsp3) is 0.727. The molecule has 1 aromatic rings. The van der Waals surface area contributed by atoms with Crippen LogP contribution in [0.15, 0.2) is 10.6 Å². The van der Waals surface area contributed by atoms with Gasteiger partial charge in [-0.15, -0.1) is 0 Å². The molecule has 1 aromatic heterocycles. The van der Waals surface area contributed by atoms with E-state index in [0.717, 1.165) is 17.9 Å². The van der Waals surface area contributed by atoms with Gasteiger partial charge in [-0.05, 0) is 19.3 Å². The average Bonchev–Trinajstić information content (AvgIpc) is 2.61. The normalized spacial score (nSPS) is 13.4. The molecule has 4 nitrogen and oxygen atoms in total. The van der Waals surface area contributed by atoms with Crippen LogP contribution >= 0.6 is 0 Å². The number of nitrogens with zero attached hydrogens (tertiary/aromatic N) is 1. The van der Waals surface area contributed by atoms with Gasteiger partial charge in [0.1, 0.15) is 6.61 Å². The second kappa shape index (κ2) is 5.88. The third-order valence-corrected chi connectivity index (χ3v) is 2.13. The summed E-state index contributed by atoms with van der Waals surface area (Å²) in [5, 5.41) is 3.79. The number of ether oxygens (including phenoxy) is 1. The van der Waals surface area contributed by atoms with E-state index >= 15 is 0 Å². The van der Waals surface area contributed by atoms with Crippen molar-refractivity contribution in [3.05, 3.63) is 17.5 Å². The summed E-state index contributed by atoms with van der Waals surface area (Å²) in [6, 6.07) is 1.84. The monoisotopic (exact) mass is 212 g/mol. The topological polar surface area (TPSA) is 61.3 Å². The second-order valence-corrected chi connectivity index (χ2v) is 4.24. The van der Waals surface area contributed by atoms with E-state index in [2.05, 4.69) is 25.9 Å². The molecule has 15 heavy (non-hydrogen) atoms. The number of aromatic nitrogens is 1. The first-order valence-corrected chi connectivity index (χ1v) is 5.38. The minimum Gasteiger partial charge on any atom is -0.370 e. The van der Waals surface area contributed by atoms with Gasteiger partial charge in [-0.1, -0.05) is 19.0 Å². The van der Waals surface area contributed by atoms with E-state index < -0.39 is 0 Å². The van der Waals surface area contributed by atoms with E-state index in [4.69, 9.17) is 15.0 Å². The molecule has 0 spiro atoms. The molecule has 1 atom stereocenters. The molecule has 0 aliphatic heterocycles. The minimum absolute atomic E-state index is 0.247. The van der Waals surface area contributed by atoms with Crippen LogP contribution in [0.3, 0.4) is 0 Å². The van der Waals surface area contributed by atoms with Crippen LogP contribution in [0.1, 0.15) is 38.6 Å². The van der Waals surface area contributed by atoms with E-state index in [9.17, 15) is 0 Å². The van der Waals surface area contributed by atoms with Gasteiger partial charge in [0.15, 0.2) is 5.76 Å². The third-order valence-electron chi connectivity index (χ3n) is 2.13. The Kier molecular flexibility index (Phi) is 4.78. The average molecular weight is 212 g/mol. The SMILES string of the molecule is CC(C)CC(C)OCc1cc(CN)no1. The molecular weight excluding hydrogens is 192 g/mol. The van der Waals surface area contributed by atoms with E-state index in [-0.39, 0.29) is 6.10 Å². The van der Waals surface area contributed by atoms with E-state index in [1.807, 2.05) is 6.07 Å². The van der Waals surface area contributed by atoms with Gasteiger partial charge < -0.3 is 15.0 Å². The van der Waals surface area contributed by atoms with Gasteiger partial charge in [0.2, 0.25) is 0 Å². The Morgan fingerprint density at radius 2 is 2.20 bits per heavy atom. The Balaban J connectivity index is 2.30. The van der Waals surface area contributed by atoms with Crippen LogP contribution in [-0.2, 0) is 17.9 Å². The van der Waals surface area contributed by atoms with Crippen molar-refractivity contribution < 1.29 is 9.26 Å². The summed E-state index contributed by atoms with van der Waals surface area (Å²) in [6.07, 6.45) is 1.30. The highest BCUT2D eigenvalue weighted by Crippen LogP contribution is 2.11. The first-order chi connectivity index (χ1) is 7.11. The van der Waals surface area contributed by atoms with Crippen LogP contribution in [0.4, 0.5) is 0 Å². The van der Waals surface area contributed by atoms with Gasteiger partial charge in [-0.2, -0.15) is 0 Å². The maximum absolute atomic E-state index is 5.62. The van der Waals surface area contributed by atoms with Crippen molar-refractivity contribution in [3.63, 3.8) is 0 Å². The van der Waals surface area contributed by atoms with Crippen LogP contribution in [0.2, 0.25) is 0 Å². The minimum atomic E-state index is 0.247. The Labute approximate surface area is 90.8 Å². The van der Waals surface area contributed by atoms with Crippen LogP contribution in [0, 0.1) is 5.92 Å². The lowest BCUT2D eigenvalue weighted by Gasteiger charge is -2.13. The van der Waals surface area contributed by atoms with E-state index in [1.54, 1.807) is 0 Å². The molecule has 4 heteroatoms. The molecule has 0 amide bonds. The van der Waals surface area contributed by atoms with Crippen molar-refractivity contribution in [2.24, 2.45) is 11.7 Å². The van der Waals surface area contributed by atoms with Crippen molar-refractivity contribution in [2.75, 3.05) is 0 Å². The second-order valence-electron chi connectivity index (χ2n) is 4.24. The van der Waals surface area contributed by atoms with E-state index in [1.165, 1.54) is 0 Å². The van der Waals surface area contributed by atoms with Crippen molar-refractivity contribution >= 4 is 0 Å². The molecule has 0 aliphatic rings. The number of hydrogen-bond acceptors (Lipinski definition) is 4. The molecule has 86 valence electrons. The molecule has 0 fully saturated rings. The molecule has 0 radical (unpaired) electrons. The largest absolute Gasteiger partial charge is 0.370 e. The van der Waals surface area contributed by atoms with Crippen molar-refractivity contribution in [3.8, 4) is 0 Å². The first kappa shape index (κ1) is 12.2. The molecule has 0 aromatic carbocycles. The maximum Gasteiger partial charge on any atom is 0.162 e. The van der Waals surface area contributed by atoms with Gasteiger partial charge in [0, 0.05) is 12.6 Å². The van der Waals surface area contributed by atoms with Gasteiger partial charge in [0.05, 0.1) is 11.8 Å². The van der Waals surface area contributed by atoms with Crippen LogP contribution in [0.5, 0.6) is 0 Å². The van der Waals surface area contributed by atoms with Gasteiger partial charge in [0.25, 0.3) is 0 Å². The molecule has 1 rings (SSSR count). The van der Waals surface area contributed by atoms with E-state index in [0.29, 0.717) is 19.1 Å². The summed E-state index contributed by atoms with van der Waals surface area (Å²) >= 11 is 0. The molecule has 0 bridgehead atoms. The highest BCUT2D eigenvalue weighted by molar-refractivity contribution is 5.03. The molecule has 0 saturated heterocycles. The maximum atomic E-state index is 5.62. The lowest BCUT2D eigenvalue weighted by molar-refractivity contribution is 0.0277. The molecule has 1 heterocycles. The lowest BCUT2D eigenvalue weighted by atomic mass is 10.1. The highest BCUT2D eigenvalue weighted by Gasteiger charge is 2.08. The first-order valence-electron chi connectivity index (χ1n) is 5.38. The van der Waals surface area contributed by atoms with Gasteiger partial charge in [-0.25, -0.2) is 0 Å². The predicted molar refractivity (Wildman–Crippen MR) is 58.1 cm³/mol. The summed E-state index contributed by atoms with van der Waals surface area (Å²) in [5.74, 6) is 1.39. The number of rotatable bonds is 6. The van der Waals surface area contributed by atoms with Gasteiger partial charge in [-0.3, -0.25) is 0 Å². The number of nitrogens with two attached hydrogens (primary N) is 1. The Morgan fingerprint density at radius 3 is 2.73 bits per heavy atom. The quantitative estimate of drug-likeness (QED) is 0.784. The molecule has 2 N–H and O–H groups in total. The Bertz CT molecular complexity index is 284. The summed E-state index contributed by atoms with van der Waals surface area (Å²) in [6.45, 7) is 7.31. The van der Waals surface area contributed by atoms with Crippen LogP contribution < -0.4 is 5.73 Å². The summed E-state index contributed by atoms with van der Waals surface area (Å²) in [4.78, 5) is 0.